The smallest absolute Gasteiger partial charge is 0.244 e. The second-order valence-corrected chi connectivity index (χ2v) is 9.71. The fourth-order valence-electron chi connectivity index (χ4n) is 3.75. The molecule has 4 rings (SSSR count). The number of ether oxygens (including phenoxy) is 2. The van der Waals surface area contributed by atoms with Gasteiger partial charge in [-0.1, -0.05) is 17.3 Å². The van der Waals surface area contributed by atoms with Crippen LogP contribution < -0.4 is 4.74 Å². The van der Waals surface area contributed by atoms with Crippen molar-refractivity contribution >= 4 is 9.84 Å². The minimum Gasteiger partial charge on any atom is -0.475 e. The lowest BCUT2D eigenvalue weighted by molar-refractivity contribution is 0.144. The Bertz CT molecular complexity index is 1150. The Kier molecular flexibility index (Phi) is 6.83. The van der Waals surface area contributed by atoms with Crippen molar-refractivity contribution in [3.63, 3.8) is 0 Å². The monoisotopic (exact) mass is 458 g/mol. The van der Waals surface area contributed by atoms with Crippen molar-refractivity contribution in [2.24, 2.45) is 0 Å². The third-order valence-corrected chi connectivity index (χ3v) is 6.49. The molecule has 0 saturated carbocycles. The van der Waals surface area contributed by atoms with Gasteiger partial charge in [-0.05, 0) is 49.2 Å². The predicted octanol–water partition coefficient (Wildman–Crippen LogP) is 2.90. The van der Waals surface area contributed by atoms with Crippen LogP contribution in [0, 0.1) is 0 Å². The number of rotatable bonds is 9. The second-order valence-electron chi connectivity index (χ2n) is 7.70. The Morgan fingerprint density at radius 1 is 1.19 bits per heavy atom. The number of hydrogen-bond donors (Lipinski definition) is 0. The normalized spacial score (nSPS) is 17.0. The molecule has 0 unspecified atom stereocenters. The highest BCUT2D eigenvalue weighted by Gasteiger charge is 2.31. The zero-order chi connectivity index (χ0) is 22.6. The first kappa shape index (κ1) is 22.4. The number of hydrogen-bond acceptors (Lipinski definition) is 9. The molecule has 3 heterocycles. The lowest BCUT2D eigenvalue weighted by Gasteiger charge is -2.21. The largest absolute Gasteiger partial charge is 0.475 e. The number of pyridine rings is 1. The van der Waals surface area contributed by atoms with Crippen LogP contribution in [0.2, 0.25) is 0 Å². The van der Waals surface area contributed by atoms with Gasteiger partial charge in [0.1, 0.15) is 6.61 Å². The summed E-state index contributed by atoms with van der Waals surface area (Å²) < 4.78 is 39.7. The highest BCUT2D eigenvalue weighted by atomic mass is 32.2. The molecular weight excluding hydrogens is 432 g/mol. The number of sulfone groups is 1. The zero-order valence-electron chi connectivity index (χ0n) is 18.1. The van der Waals surface area contributed by atoms with E-state index in [4.69, 9.17) is 14.0 Å². The SMILES string of the molecule is COCCOc1ncccc1-c1noc([C@@H]2CCCN2Cc2ccc(S(C)(=O)=O)cc2)n1. The first-order valence-electron chi connectivity index (χ1n) is 10.4. The van der Waals surface area contributed by atoms with E-state index in [2.05, 4.69) is 20.0 Å². The Balaban J connectivity index is 1.49. The standard InChI is InChI=1S/C22H26N4O5S/c1-29-13-14-30-21-18(5-3-11-23-21)20-24-22(31-25-20)19-6-4-12-26(19)15-16-7-9-17(10-8-16)32(2,27)28/h3,5,7-11,19H,4,6,12-15H2,1-2H3/t19-/m0/s1. The molecule has 0 spiro atoms. The van der Waals surface area contributed by atoms with Crippen molar-refractivity contribution in [3.8, 4) is 17.3 Å². The molecule has 0 amide bonds. The molecule has 2 aromatic heterocycles. The molecule has 1 aliphatic rings. The van der Waals surface area contributed by atoms with Gasteiger partial charge in [-0.15, -0.1) is 0 Å². The van der Waals surface area contributed by atoms with Gasteiger partial charge in [0, 0.05) is 26.1 Å². The summed E-state index contributed by atoms with van der Waals surface area (Å²) in [6, 6.07) is 10.6. The van der Waals surface area contributed by atoms with Gasteiger partial charge in [0.15, 0.2) is 9.84 Å². The molecule has 1 fully saturated rings. The third-order valence-electron chi connectivity index (χ3n) is 5.37. The molecule has 1 aromatic carbocycles. The average Bonchev–Trinajstić information content (AvgIpc) is 3.43. The molecule has 0 N–H and O–H groups in total. The Hall–Kier alpha value is -2.82. The first-order valence-corrected chi connectivity index (χ1v) is 12.3. The second kappa shape index (κ2) is 9.76. The highest BCUT2D eigenvalue weighted by molar-refractivity contribution is 7.90. The van der Waals surface area contributed by atoms with Crippen molar-refractivity contribution in [3.05, 3.63) is 54.0 Å². The van der Waals surface area contributed by atoms with Crippen LogP contribution in [-0.2, 0) is 21.1 Å². The van der Waals surface area contributed by atoms with Crippen molar-refractivity contribution in [1.82, 2.24) is 20.0 Å². The van der Waals surface area contributed by atoms with Crippen LogP contribution in [0.4, 0.5) is 0 Å². The third kappa shape index (κ3) is 5.14. The van der Waals surface area contributed by atoms with E-state index in [0.29, 0.717) is 47.8 Å². The number of nitrogens with zero attached hydrogens (tertiary/aromatic N) is 4. The molecule has 3 aromatic rings. The van der Waals surface area contributed by atoms with Crippen LogP contribution in [0.5, 0.6) is 5.88 Å². The zero-order valence-corrected chi connectivity index (χ0v) is 18.9. The van der Waals surface area contributed by atoms with Gasteiger partial charge in [-0.3, -0.25) is 4.90 Å². The number of benzene rings is 1. The molecule has 1 aliphatic heterocycles. The van der Waals surface area contributed by atoms with Crippen molar-refractivity contribution in [2.45, 2.75) is 30.3 Å². The lowest BCUT2D eigenvalue weighted by Crippen LogP contribution is -2.23. The van der Waals surface area contributed by atoms with Crippen LogP contribution >= 0.6 is 0 Å². The topological polar surface area (TPSA) is 108 Å². The lowest BCUT2D eigenvalue weighted by atomic mass is 10.2. The van der Waals surface area contributed by atoms with Gasteiger partial charge in [-0.2, -0.15) is 4.98 Å². The minimum absolute atomic E-state index is 0.000338. The highest BCUT2D eigenvalue weighted by Crippen LogP contribution is 2.34. The van der Waals surface area contributed by atoms with E-state index in [1.54, 1.807) is 31.5 Å². The quantitative estimate of drug-likeness (QED) is 0.447. The fraction of sp³-hybridized carbons (Fsp3) is 0.409. The average molecular weight is 459 g/mol. The van der Waals surface area contributed by atoms with Gasteiger partial charge < -0.3 is 14.0 Å². The van der Waals surface area contributed by atoms with Crippen molar-refractivity contribution in [2.75, 3.05) is 33.1 Å². The summed E-state index contributed by atoms with van der Waals surface area (Å²) in [4.78, 5) is 11.5. The summed E-state index contributed by atoms with van der Waals surface area (Å²) in [7, 11) is -1.59. The van der Waals surface area contributed by atoms with Gasteiger partial charge in [0.2, 0.25) is 17.6 Å². The van der Waals surface area contributed by atoms with E-state index in [-0.39, 0.29) is 6.04 Å². The minimum atomic E-state index is -3.20. The van der Waals surface area contributed by atoms with E-state index >= 15 is 0 Å². The van der Waals surface area contributed by atoms with Crippen LogP contribution in [0.3, 0.4) is 0 Å². The maximum absolute atomic E-state index is 11.7. The predicted molar refractivity (Wildman–Crippen MR) is 117 cm³/mol. The molecule has 32 heavy (non-hydrogen) atoms. The Morgan fingerprint density at radius 2 is 2.00 bits per heavy atom. The first-order chi connectivity index (χ1) is 15.5. The molecule has 9 nitrogen and oxygen atoms in total. The number of methoxy groups -OCH3 is 1. The summed E-state index contributed by atoms with van der Waals surface area (Å²) in [5.74, 6) is 1.42. The summed E-state index contributed by atoms with van der Waals surface area (Å²) >= 11 is 0. The molecule has 1 atom stereocenters. The van der Waals surface area contributed by atoms with E-state index in [9.17, 15) is 8.42 Å². The molecule has 170 valence electrons. The van der Waals surface area contributed by atoms with Crippen LogP contribution in [0.15, 0.2) is 52.0 Å². The van der Waals surface area contributed by atoms with Crippen LogP contribution in [0.25, 0.3) is 11.4 Å². The summed E-state index contributed by atoms with van der Waals surface area (Å²) in [6.45, 7) is 2.40. The Labute approximate surface area is 187 Å². The van der Waals surface area contributed by atoms with Gasteiger partial charge in [0.05, 0.1) is 23.1 Å². The van der Waals surface area contributed by atoms with E-state index in [1.165, 1.54) is 6.26 Å². The van der Waals surface area contributed by atoms with Crippen LogP contribution in [0.1, 0.15) is 30.3 Å². The van der Waals surface area contributed by atoms with Crippen LogP contribution in [-0.4, -0.2) is 61.6 Å². The Morgan fingerprint density at radius 3 is 2.75 bits per heavy atom. The molecule has 0 aliphatic carbocycles. The molecule has 0 bridgehead atoms. The molecule has 1 saturated heterocycles. The van der Waals surface area contributed by atoms with Crippen molar-refractivity contribution < 1.29 is 22.4 Å². The summed E-state index contributed by atoms with van der Waals surface area (Å²) in [5.41, 5.74) is 1.70. The van der Waals surface area contributed by atoms with E-state index in [1.807, 2.05) is 18.2 Å². The van der Waals surface area contributed by atoms with E-state index < -0.39 is 9.84 Å². The number of likely N-dealkylation sites (tertiary alicyclic amines) is 1. The maximum Gasteiger partial charge on any atom is 0.244 e. The van der Waals surface area contributed by atoms with Gasteiger partial charge in [0.25, 0.3) is 0 Å². The molecule has 0 radical (unpaired) electrons. The van der Waals surface area contributed by atoms with Gasteiger partial charge >= 0.3 is 0 Å². The van der Waals surface area contributed by atoms with Gasteiger partial charge in [-0.25, -0.2) is 13.4 Å². The molecular formula is C22H26N4O5S. The number of aromatic nitrogens is 3. The fourth-order valence-corrected chi connectivity index (χ4v) is 4.38. The van der Waals surface area contributed by atoms with Crippen molar-refractivity contribution in [1.29, 1.82) is 0 Å². The van der Waals surface area contributed by atoms with E-state index in [0.717, 1.165) is 24.9 Å². The summed E-state index contributed by atoms with van der Waals surface area (Å²) in [6.07, 6.45) is 4.79. The maximum atomic E-state index is 11.7. The molecule has 10 heteroatoms. The summed E-state index contributed by atoms with van der Waals surface area (Å²) in [5, 5.41) is 4.17.